The molecule has 2 rings (SSSR count). The van der Waals surface area contributed by atoms with Crippen molar-refractivity contribution in [2.75, 3.05) is 7.11 Å². The number of hydrogen-bond donors (Lipinski definition) is 0. The zero-order valence-electron chi connectivity index (χ0n) is 11.3. The van der Waals surface area contributed by atoms with Crippen molar-refractivity contribution in [1.82, 2.24) is 4.98 Å². The first-order chi connectivity index (χ1) is 8.27. The van der Waals surface area contributed by atoms with Gasteiger partial charge in [0, 0.05) is 11.7 Å². The fraction of sp³-hybridized carbons (Fsp3) is 0.583. The Morgan fingerprint density at radius 1 is 1.22 bits per heavy atom. The van der Waals surface area contributed by atoms with Crippen molar-refractivity contribution in [2.24, 2.45) is 0 Å². The lowest BCUT2D eigenvalue weighted by Gasteiger charge is -2.32. The molecule has 1 fully saturated rings. The fourth-order valence-electron chi connectivity index (χ4n) is 1.70. The van der Waals surface area contributed by atoms with Crippen LogP contribution in [-0.4, -0.2) is 30.4 Å². The minimum Gasteiger partial charge on any atom is -0.480 e. The van der Waals surface area contributed by atoms with Crippen LogP contribution in [0.1, 0.15) is 27.7 Å². The number of ether oxygens (including phenoxy) is 1. The number of nitrogens with zero attached hydrogens (tertiary/aromatic N) is 1. The number of methoxy groups -OCH3 is 1. The second-order valence-corrected chi connectivity index (χ2v) is 5.76. The van der Waals surface area contributed by atoms with E-state index in [9.17, 15) is 0 Å². The third-order valence-corrected chi connectivity index (χ3v) is 3.82. The first-order valence-electron chi connectivity index (χ1n) is 5.82. The molecule has 0 N–H and O–H groups in total. The fourth-order valence-corrected chi connectivity index (χ4v) is 1.95. The van der Waals surface area contributed by atoms with Crippen LogP contribution in [-0.2, 0) is 9.31 Å². The Morgan fingerprint density at radius 2 is 1.78 bits per heavy atom. The quantitative estimate of drug-likeness (QED) is 0.771. The van der Waals surface area contributed by atoms with Crippen LogP contribution < -0.4 is 10.2 Å². The molecule has 4 nitrogen and oxygen atoms in total. The van der Waals surface area contributed by atoms with Crippen LogP contribution in [0.15, 0.2) is 12.3 Å². The van der Waals surface area contributed by atoms with E-state index in [1.165, 1.54) is 7.11 Å². The average Bonchev–Trinajstić information content (AvgIpc) is 2.48. The molecule has 0 bridgehead atoms. The second-order valence-electron chi connectivity index (χ2n) is 5.35. The lowest BCUT2D eigenvalue weighted by Crippen LogP contribution is -2.41. The summed E-state index contributed by atoms with van der Waals surface area (Å²) in [6.45, 7) is 8.02. The molecule has 0 atom stereocenters. The molecule has 1 aliphatic rings. The van der Waals surface area contributed by atoms with Crippen LogP contribution in [0.2, 0.25) is 5.02 Å². The first-order valence-corrected chi connectivity index (χ1v) is 6.20. The number of hydrogen-bond acceptors (Lipinski definition) is 4. The lowest BCUT2D eigenvalue weighted by atomic mass is 9.80. The van der Waals surface area contributed by atoms with E-state index in [4.69, 9.17) is 25.6 Å². The number of halogens is 1. The lowest BCUT2D eigenvalue weighted by molar-refractivity contribution is 0.00578. The highest BCUT2D eigenvalue weighted by Gasteiger charge is 2.51. The van der Waals surface area contributed by atoms with Gasteiger partial charge in [-0.15, -0.1) is 0 Å². The van der Waals surface area contributed by atoms with E-state index in [0.717, 1.165) is 5.46 Å². The van der Waals surface area contributed by atoms with Gasteiger partial charge in [0.2, 0.25) is 5.88 Å². The van der Waals surface area contributed by atoms with Crippen molar-refractivity contribution in [3.05, 3.63) is 17.3 Å². The Labute approximate surface area is 113 Å². The Kier molecular flexibility index (Phi) is 3.34. The molecule has 18 heavy (non-hydrogen) atoms. The standard InChI is InChI=1S/C12H17BClNO3/c1-11(2)12(3,4)18-13(17-11)8-6-9(14)10(16-5)15-7-8/h6-7H,1-5H3. The van der Waals surface area contributed by atoms with Crippen molar-refractivity contribution >= 4 is 24.2 Å². The van der Waals surface area contributed by atoms with E-state index < -0.39 is 7.12 Å². The Balaban J connectivity index is 2.27. The molecule has 0 spiro atoms. The van der Waals surface area contributed by atoms with Crippen molar-refractivity contribution < 1.29 is 14.0 Å². The van der Waals surface area contributed by atoms with Gasteiger partial charge in [0.15, 0.2) is 0 Å². The molecule has 0 aliphatic carbocycles. The third-order valence-electron chi connectivity index (χ3n) is 3.55. The summed E-state index contributed by atoms with van der Waals surface area (Å²) < 4.78 is 16.9. The van der Waals surface area contributed by atoms with Crippen LogP contribution >= 0.6 is 11.6 Å². The van der Waals surface area contributed by atoms with Crippen molar-refractivity contribution in [2.45, 2.75) is 38.9 Å². The predicted octanol–water partition coefficient (Wildman–Crippen LogP) is 2.04. The second kappa shape index (κ2) is 4.40. The number of aromatic nitrogens is 1. The first kappa shape index (κ1) is 13.7. The van der Waals surface area contributed by atoms with E-state index in [2.05, 4.69) is 4.98 Å². The van der Waals surface area contributed by atoms with E-state index in [1.807, 2.05) is 27.7 Å². The van der Waals surface area contributed by atoms with Crippen molar-refractivity contribution in [3.8, 4) is 5.88 Å². The molecule has 6 heteroatoms. The van der Waals surface area contributed by atoms with Gasteiger partial charge in [-0.3, -0.25) is 0 Å². The van der Waals surface area contributed by atoms with Gasteiger partial charge >= 0.3 is 7.12 Å². The summed E-state index contributed by atoms with van der Waals surface area (Å²) in [5.74, 6) is 0.400. The maximum atomic E-state index is 6.05. The highest BCUT2D eigenvalue weighted by molar-refractivity contribution is 6.62. The predicted molar refractivity (Wildman–Crippen MR) is 71.5 cm³/mol. The Morgan fingerprint density at radius 3 is 2.22 bits per heavy atom. The van der Waals surface area contributed by atoms with Crippen LogP contribution in [0.5, 0.6) is 5.88 Å². The van der Waals surface area contributed by atoms with Gasteiger partial charge in [0.05, 0.1) is 18.3 Å². The molecule has 98 valence electrons. The topological polar surface area (TPSA) is 40.6 Å². The monoisotopic (exact) mass is 269 g/mol. The molecule has 2 heterocycles. The van der Waals surface area contributed by atoms with E-state index >= 15 is 0 Å². The Hall–Kier alpha value is -0.775. The normalized spacial score (nSPS) is 21.1. The molecule has 1 saturated heterocycles. The molecule has 1 aromatic heterocycles. The maximum Gasteiger partial charge on any atom is 0.496 e. The van der Waals surface area contributed by atoms with E-state index in [0.29, 0.717) is 10.9 Å². The molecule has 0 amide bonds. The molecule has 0 saturated carbocycles. The summed E-state index contributed by atoms with van der Waals surface area (Å²) >= 11 is 6.05. The van der Waals surface area contributed by atoms with E-state index in [1.54, 1.807) is 12.3 Å². The van der Waals surface area contributed by atoms with Gasteiger partial charge in [0.25, 0.3) is 0 Å². The number of rotatable bonds is 2. The zero-order valence-corrected chi connectivity index (χ0v) is 12.0. The Bertz CT molecular complexity index is 449. The molecule has 1 aromatic rings. The zero-order chi connectivity index (χ0) is 13.6. The highest BCUT2D eigenvalue weighted by Crippen LogP contribution is 2.36. The summed E-state index contributed by atoms with van der Waals surface area (Å²) in [5.41, 5.74) is 0.0492. The van der Waals surface area contributed by atoms with Crippen LogP contribution in [0.25, 0.3) is 0 Å². The summed E-state index contributed by atoms with van der Waals surface area (Å²) in [5, 5.41) is 0.449. The highest BCUT2D eigenvalue weighted by atomic mass is 35.5. The SMILES string of the molecule is COc1ncc(B2OC(C)(C)C(C)(C)O2)cc1Cl. The molecule has 0 unspecified atom stereocenters. The van der Waals surface area contributed by atoms with E-state index in [-0.39, 0.29) is 11.2 Å². The maximum absolute atomic E-state index is 6.05. The molecule has 0 radical (unpaired) electrons. The smallest absolute Gasteiger partial charge is 0.480 e. The van der Waals surface area contributed by atoms with Gasteiger partial charge in [-0.1, -0.05) is 11.6 Å². The third kappa shape index (κ3) is 2.22. The number of pyridine rings is 1. The minimum atomic E-state index is -0.453. The summed E-state index contributed by atoms with van der Waals surface area (Å²) in [6.07, 6.45) is 1.66. The molecule has 1 aliphatic heterocycles. The van der Waals surface area contributed by atoms with Crippen LogP contribution in [0.3, 0.4) is 0 Å². The summed E-state index contributed by atoms with van der Waals surface area (Å²) in [6, 6.07) is 1.76. The minimum absolute atomic E-state index is 0.371. The van der Waals surface area contributed by atoms with Crippen LogP contribution in [0, 0.1) is 0 Å². The van der Waals surface area contributed by atoms with Crippen LogP contribution in [0.4, 0.5) is 0 Å². The largest absolute Gasteiger partial charge is 0.496 e. The molecular formula is C12H17BClNO3. The van der Waals surface area contributed by atoms with Crippen molar-refractivity contribution in [3.63, 3.8) is 0 Å². The van der Waals surface area contributed by atoms with Crippen molar-refractivity contribution in [1.29, 1.82) is 0 Å². The summed E-state index contributed by atoms with van der Waals surface area (Å²) in [7, 11) is 1.08. The van der Waals surface area contributed by atoms with Gasteiger partial charge < -0.3 is 14.0 Å². The van der Waals surface area contributed by atoms with Gasteiger partial charge in [-0.05, 0) is 33.8 Å². The summed E-state index contributed by atoms with van der Waals surface area (Å²) in [4.78, 5) is 4.12. The van der Waals surface area contributed by atoms with Gasteiger partial charge in [0.1, 0.15) is 5.02 Å². The average molecular weight is 270 g/mol. The molecular weight excluding hydrogens is 252 g/mol. The van der Waals surface area contributed by atoms with Gasteiger partial charge in [-0.2, -0.15) is 0 Å². The molecule has 0 aromatic carbocycles. The van der Waals surface area contributed by atoms with Gasteiger partial charge in [-0.25, -0.2) is 4.98 Å².